The van der Waals surface area contributed by atoms with E-state index in [4.69, 9.17) is 5.73 Å². The van der Waals surface area contributed by atoms with Gasteiger partial charge in [0.1, 0.15) is 0 Å². The molecule has 0 aromatic carbocycles. The maximum absolute atomic E-state index is 6.00. The number of nitrogens with two attached hydrogens (primary N) is 1. The van der Waals surface area contributed by atoms with Gasteiger partial charge >= 0.3 is 0 Å². The minimum absolute atomic E-state index is 0.378. The summed E-state index contributed by atoms with van der Waals surface area (Å²) in [5.41, 5.74) is 6.00. The van der Waals surface area contributed by atoms with E-state index < -0.39 is 0 Å². The monoisotopic (exact) mass is 186 g/mol. The van der Waals surface area contributed by atoms with E-state index >= 15 is 0 Å². The van der Waals surface area contributed by atoms with Gasteiger partial charge in [-0.05, 0) is 32.4 Å². The number of hydrogen-bond acceptors (Lipinski definition) is 2. The average Bonchev–Trinajstić information content (AvgIpc) is 2.05. The molecule has 0 amide bonds. The fourth-order valence-electron chi connectivity index (χ4n) is 1.72. The van der Waals surface area contributed by atoms with Crippen LogP contribution in [0.3, 0.4) is 0 Å². The largest absolute Gasteiger partial charge is 0.327 e. The summed E-state index contributed by atoms with van der Waals surface area (Å²) in [5, 5.41) is 0. The van der Waals surface area contributed by atoms with Crippen molar-refractivity contribution in [1.82, 2.24) is 4.90 Å². The smallest absolute Gasteiger partial charge is 0.0167 e. The molecule has 13 heavy (non-hydrogen) atoms. The van der Waals surface area contributed by atoms with Crippen LogP contribution < -0.4 is 5.73 Å². The van der Waals surface area contributed by atoms with Gasteiger partial charge < -0.3 is 10.6 Å². The molecule has 2 nitrogen and oxygen atoms in total. The predicted molar refractivity (Wildman–Crippen MR) is 59.9 cm³/mol. The van der Waals surface area contributed by atoms with Crippen molar-refractivity contribution < 1.29 is 0 Å². The third kappa shape index (κ3) is 7.03. The van der Waals surface area contributed by atoms with Crippen LogP contribution in [0, 0.1) is 0 Å². The molecule has 2 heteroatoms. The van der Waals surface area contributed by atoms with Crippen molar-refractivity contribution in [1.29, 1.82) is 0 Å². The van der Waals surface area contributed by atoms with Gasteiger partial charge in [-0.25, -0.2) is 0 Å². The van der Waals surface area contributed by atoms with Crippen molar-refractivity contribution in [2.24, 2.45) is 5.73 Å². The first-order valence-electron chi connectivity index (χ1n) is 5.72. The SMILES string of the molecule is CCCC(N)CN(CCC)CCC. The molecule has 0 spiro atoms. The van der Waals surface area contributed by atoms with Crippen LogP contribution in [0.15, 0.2) is 0 Å². The second-order valence-corrected chi connectivity index (χ2v) is 3.85. The lowest BCUT2D eigenvalue weighted by Gasteiger charge is -2.24. The van der Waals surface area contributed by atoms with E-state index in [-0.39, 0.29) is 0 Å². The highest BCUT2D eigenvalue weighted by atomic mass is 15.1. The van der Waals surface area contributed by atoms with Crippen LogP contribution in [0.25, 0.3) is 0 Å². The Kier molecular flexibility index (Phi) is 8.46. The highest BCUT2D eigenvalue weighted by Gasteiger charge is 2.07. The standard InChI is InChI=1S/C11H26N2/c1-4-7-11(12)10-13(8-5-2)9-6-3/h11H,4-10,12H2,1-3H3. The van der Waals surface area contributed by atoms with Gasteiger partial charge in [0.15, 0.2) is 0 Å². The molecule has 0 aliphatic heterocycles. The van der Waals surface area contributed by atoms with Gasteiger partial charge in [-0.15, -0.1) is 0 Å². The van der Waals surface area contributed by atoms with Crippen molar-refractivity contribution in [2.45, 2.75) is 52.5 Å². The Hall–Kier alpha value is -0.0800. The van der Waals surface area contributed by atoms with Crippen molar-refractivity contribution in [3.8, 4) is 0 Å². The van der Waals surface area contributed by atoms with Gasteiger partial charge in [0, 0.05) is 12.6 Å². The van der Waals surface area contributed by atoms with Crippen molar-refractivity contribution in [2.75, 3.05) is 19.6 Å². The first kappa shape index (κ1) is 12.9. The molecule has 0 aromatic rings. The Morgan fingerprint density at radius 1 is 1.00 bits per heavy atom. The van der Waals surface area contributed by atoms with Gasteiger partial charge in [-0.2, -0.15) is 0 Å². The molecule has 0 rings (SSSR count). The van der Waals surface area contributed by atoms with E-state index in [0.717, 1.165) is 13.0 Å². The number of nitrogens with zero attached hydrogens (tertiary/aromatic N) is 1. The second-order valence-electron chi connectivity index (χ2n) is 3.85. The molecule has 0 aromatic heterocycles. The Morgan fingerprint density at radius 2 is 1.54 bits per heavy atom. The molecule has 80 valence electrons. The zero-order valence-electron chi connectivity index (χ0n) is 9.55. The molecule has 0 aliphatic carbocycles. The molecule has 0 heterocycles. The van der Waals surface area contributed by atoms with E-state index in [1.54, 1.807) is 0 Å². The summed E-state index contributed by atoms with van der Waals surface area (Å²) in [6.45, 7) is 10.1. The van der Waals surface area contributed by atoms with Crippen molar-refractivity contribution in [3.63, 3.8) is 0 Å². The van der Waals surface area contributed by atoms with Crippen LogP contribution in [0.4, 0.5) is 0 Å². The maximum Gasteiger partial charge on any atom is 0.0167 e. The second kappa shape index (κ2) is 8.52. The molecule has 2 N–H and O–H groups in total. The molecular formula is C11H26N2. The first-order valence-corrected chi connectivity index (χ1v) is 5.72. The fraction of sp³-hybridized carbons (Fsp3) is 1.00. The van der Waals surface area contributed by atoms with Crippen LogP contribution in [-0.2, 0) is 0 Å². The molecule has 0 aliphatic rings. The third-order valence-electron chi connectivity index (χ3n) is 2.23. The zero-order chi connectivity index (χ0) is 10.1. The topological polar surface area (TPSA) is 29.3 Å². The average molecular weight is 186 g/mol. The minimum atomic E-state index is 0.378. The Morgan fingerprint density at radius 3 is 1.92 bits per heavy atom. The fourth-order valence-corrected chi connectivity index (χ4v) is 1.72. The summed E-state index contributed by atoms with van der Waals surface area (Å²) in [7, 11) is 0. The first-order chi connectivity index (χ1) is 6.24. The van der Waals surface area contributed by atoms with Gasteiger partial charge in [0.25, 0.3) is 0 Å². The summed E-state index contributed by atoms with van der Waals surface area (Å²) in [6, 6.07) is 0.378. The molecular weight excluding hydrogens is 160 g/mol. The summed E-state index contributed by atoms with van der Waals surface area (Å²) < 4.78 is 0. The lowest BCUT2D eigenvalue weighted by atomic mass is 10.1. The minimum Gasteiger partial charge on any atom is -0.327 e. The van der Waals surface area contributed by atoms with Crippen molar-refractivity contribution in [3.05, 3.63) is 0 Å². The summed E-state index contributed by atoms with van der Waals surface area (Å²) >= 11 is 0. The van der Waals surface area contributed by atoms with Gasteiger partial charge in [0.05, 0.1) is 0 Å². The van der Waals surface area contributed by atoms with Crippen molar-refractivity contribution >= 4 is 0 Å². The number of hydrogen-bond donors (Lipinski definition) is 1. The van der Waals surface area contributed by atoms with Crippen LogP contribution in [0.5, 0.6) is 0 Å². The van der Waals surface area contributed by atoms with Gasteiger partial charge in [-0.1, -0.05) is 27.2 Å². The molecule has 0 saturated heterocycles. The van der Waals surface area contributed by atoms with E-state index in [1.807, 2.05) is 0 Å². The molecule has 1 atom stereocenters. The van der Waals surface area contributed by atoms with E-state index in [0.29, 0.717) is 6.04 Å². The Bertz CT molecular complexity index is 98.3. The van der Waals surface area contributed by atoms with Crippen LogP contribution in [-0.4, -0.2) is 30.6 Å². The highest BCUT2D eigenvalue weighted by Crippen LogP contribution is 2.00. The third-order valence-corrected chi connectivity index (χ3v) is 2.23. The summed E-state index contributed by atoms with van der Waals surface area (Å²) in [5.74, 6) is 0. The Labute approximate surface area is 83.5 Å². The van der Waals surface area contributed by atoms with Crippen LogP contribution in [0.1, 0.15) is 46.5 Å². The predicted octanol–water partition coefficient (Wildman–Crippen LogP) is 2.24. The summed E-state index contributed by atoms with van der Waals surface area (Å²) in [6.07, 6.45) is 4.83. The van der Waals surface area contributed by atoms with Gasteiger partial charge in [-0.3, -0.25) is 0 Å². The molecule has 0 saturated carbocycles. The quantitative estimate of drug-likeness (QED) is 0.630. The van der Waals surface area contributed by atoms with E-state index in [1.165, 1.54) is 32.4 Å². The normalized spacial score (nSPS) is 13.6. The maximum atomic E-state index is 6.00. The summed E-state index contributed by atoms with van der Waals surface area (Å²) in [4.78, 5) is 2.49. The lowest BCUT2D eigenvalue weighted by molar-refractivity contribution is 0.253. The zero-order valence-corrected chi connectivity index (χ0v) is 9.55. The molecule has 0 bridgehead atoms. The van der Waals surface area contributed by atoms with Crippen LogP contribution >= 0.6 is 0 Å². The Balaban J connectivity index is 3.64. The van der Waals surface area contributed by atoms with Crippen LogP contribution in [0.2, 0.25) is 0 Å². The number of rotatable bonds is 8. The molecule has 1 unspecified atom stereocenters. The highest BCUT2D eigenvalue weighted by molar-refractivity contribution is 4.67. The molecule has 0 fully saturated rings. The van der Waals surface area contributed by atoms with E-state index in [2.05, 4.69) is 25.7 Å². The van der Waals surface area contributed by atoms with Gasteiger partial charge in [0.2, 0.25) is 0 Å². The lowest BCUT2D eigenvalue weighted by Crippen LogP contribution is -2.38. The van der Waals surface area contributed by atoms with E-state index in [9.17, 15) is 0 Å². The molecule has 0 radical (unpaired) electrons.